The fourth-order valence-corrected chi connectivity index (χ4v) is 2.09. The predicted molar refractivity (Wildman–Crippen MR) is 77.0 cm³/mol. The van der Waals surface area contributed by atoms with Crippen molar-refractivity contribution in [1.29, 1.82) is 0 Å². The maximum absolute atomic E-state index is 11.9. The van der Waals surface area contributed by atoms with Gasteiger partial charge in [-0.05, 0) is 42.8 Å². The molecule has 2 rings (SSSR count). The molecule has 2 aromatic rings. The van der Waals surface area contributed by atoms with Crippen molar-refractivity contribution in [3.05, 3.63) is 54.1 Å². The average molecular weight is 255 g/mol. The molecule has 0 heterocycles. The normalized spacial score (nSPS) is 10.1. The van der Waals surface area contributed by atoms with Crippen molar-refractivity contribution in [2.24, 2.45) is 0 Å². The molecule has 0 saturated heterocycles. The summed E-state index contributed by atoms with van der Waals surface area (Å²) in [7, 11) is 1.64. The summed E-state index contributed by atoms with van der Waals surface area (Å²) in [4.78, 5) is 13.6. The number of carbonyl (C=O) groups excluding carboxylic acids is 1. The van der Waals surface area contributed by atoms with Gasteiger partial charge in [-0.3, -0.25) is 9.69 Å². The second-order valence-electron chi connectivity index (χ2n) is 4.34. The number of anilines is 2. The van der Waals surface area contributed by atoms with Gasteiger partial charge in [-0.2, -0.15) is 0 Å². The van der Waals surface area contributed by atoms with E-state index >= 15 is 0 Å². The lowest BCUT2D eigenvalue weighted by atomic mass is 10.1. The standard InChI is InChI=1S/C16H17NO2/c1-12-11-15(9-10-16(12)19-3)17(13(2)18)14-7-5-4-6-8-14/h4-11H,1-3H3. The fourth-order valence-electron chi connectivity index (χ4n) is 2.09. The van der Waals surface area contributed by atoms with Crippen LogP contribution in [0.2, 0.25) is 0 Å². The lowest BCUT2D eigenvalue weighted by molar-refractivity contribution is -0.115. The van der Waals surface area contributed by atoms with Crippen LogP contribution in [0, 0.1) is 6.92 Å². The molecule has 0 saturated carbocycles. The Labute approximate surface area is 113 Å². The largest absolute Gasteiger partial charge is 0.496 e. The number of hydrogen-bond donors (Lipinski definition) is 0. The lowest BCUT2D eigenvalue weighted by Crippen LogP contribution is -2.22. The maximum Gasteiger partial charge on any atom is 0.228 e. The number of nitrogens with zero attached hydrogens (tertiary/aromatic N) is 1. The third-order valence-electron chi connectivity index (χ3n) is 2.97. The van der Waals surface area contributed by atoms with Crippen molar-refractivity contribution in [3.8, 4) is 5.75 Å². The van der Waals surface area contributed by atoms with Crippen LogP contribution in [0.1, 0.15) is 12.5 Å². The van der Waals surface area contributed by atoms with E-state index in [4.69, 9.17) is 4.74 Å². The Bertz CT molecular complexity index is 579. The van der Waals surface area contributed by atoms with Gasteiger partial charge in [-0.1, -0.05) is 18.2 Å². The number of carbonyl (C=O) groups is 1. The van der Waals surface area contributed by atoms with Gasteiger partial charge < -0.3 is 4.74 Å². The van der Waals surface area contributed by atoms with Gasteiger partial charge in [-0.15, -0.1) is 0 Å². The molecule has 0 N–H and O–H groups in total. The van der Waals surface area contributed by atoms with E-state index in [9.17, 15) is 4.79 Å². The number of methoxy groups -OCH3 is 1. The molecular weight excluding hydrogens is 238 g/mol. The molecule has 0 atom stereocenters. The molecule has 3 nitrogen and oxygen atoms in total. The van der Waals surface area contributed by atoms with Crippen LogP contribution in [0.25, 0.3) is 0 Å². The Balaban J connectivity index is 2.46. The molecule has 0 fully saturated rings. The molecule has 1 amide bonds. The van der Waals surface area contributed by atoms with Gasteiger partial charge in [0.05, 0.1) is 7.11 Å². The molecule has 0 unspecified atom stereocenters. The van der Waals surface area contributed by atoms with E-state index in [2.05, 4.69) is 0 Å². The number of aryl methyl sites for hydroxylation is 1. The summed E-state index contributed by atoms with van der Waals surface area (Å²) in [5.41, 5.74) is 2.71. The van der Waals surface area contributed by atoms with Crippen molar-refractivity contribution in [2.75, 3.05) is 12.0 Å². The number of hydrogen-bond acceptors (Lipinski definition) is 2. The molecule has 0 aliphatic heterocycles. The lowest BCUT2D eigenvalue weighted by Gasteiger charge is -2.22. The topological polar surface area (TPSA) is 29.5 Å². The highest BCUT2D eigenvalue weighted by molar-refractivity contribution is 5.99. The minimum absolute atomic E-state index is 0.0178. The van der Waals surface area contributed by atoms with Gasteiger partial charge in [0.2, 0.25) is 5.91 Å². The highest BCUT2D eigenvalue weighted by Crippen LogP contribution is 2.29. The Kier molecular flexibility index (Phi) is 3.85. The quantitative estimate of drug-likeness (QED) is 0.837. The number of benzene rings is 2. The van der Waals surface area contributed by atoms with E-state index < -0.39 is 0 Å². The highest BCUT2D eigenvalue weighted by atomic mass is 16.5. The van der Waals surface area contributed by atoms with Gasteiger partial charge >= 0.3 is 0 Å². The van der Waals surface area contributed by atoms with E-state index in [-0.39, 0.29) is 5.91 Å². The predicted octanol–water partition coefficient (Wildman–Crippen LogP) is 3.69. The first kappa shape index (κ1) is 13.1. The number of amides is 1. The molecule has 0 spiro atoms. The van der Waals surface area contributed by atoms with Crippen molar-refractivity contribution < 1.29 is 9.53 Å². The third kappa shape index (κ3) is 2.76. The SMILES string of the molecule is COc1ccc(N(C(C)=O)c2ccccc2)cc1C. The van der Waals surface area contributed by atoms with Crippen LogP contribution in [-0.4, -0.2) is 13.0 Å². The minimum Gasteiger partial charge on any atom is -0.496 e. The molecule has 19 heavy (non-hydrogen) atoms. The van der Waals surface area contributed by atoms with Crippen LogP contribution in [0.3, 0.4) is 0 Å². The summed E-state index contributed by atoms with van der Waals surface area (Å²) in [6, 6.07) is 15.3. The summed E-state index contributed by atoms with van der Waals surface area (Å²) in [5.74, 6) is 0.802. The smallest absolute Gasteiger partial charge is 0.228 e. The Morgan fingerprint density at radius 3 is 2.26 bits per heavy atom. The van der Waals surface area contributed by atoms with Crippen LogP contribution < -0.4 is 9.64 Å². The van der Waals surface area contributed by atoms with E-state index in [1.165, 1.54) is 0 Å². The Hall–Kier alpha value is -2.29. The molecule has 0 radical (unpaired) electrons. The second-order valence-corrected chi connectivity index (χ2v) is 4.34. The summed E-state index contributed by atoms with van der Waals surface area (Å²) >= 11 is 0. The third-order valence-corrected chi connectivity index (χ3v) is 2.97. The first-order valence-electron chi connectivity index (χ1n) is 6.14. The Morgan fingerprint density at radius 1 is 1.05 bits per heavy atom. The monoisotopic (exact) mass is 255 g/mol. The fraction of sp³-hybridized carbons (Fsp3) is 0.188. The molecule has 0 bridgehead atoms. The average Bonchev–Trinajstić information content (AvgIpc) is 2.40. The van der Waals surface area contributed by atoms with E-state index in [0.717, 1.165) is 22.7 Å². The summed E-state index contributed by atoms with van der Waals surface area (Å²) in [6.45, 7) is 3.53. The molecule has 98 valence electrons. The Morgan fingerprint density at radius 2 is 1.74 bits per heavy atom. The second kappa shape index (κ2) is 5.57. The van der Waals surface area contributed by atoms with Gasteiger partial charge in [0.1, 0.15) is 5.75 Å². The zero-order valence-electron chi connectivity index (χ0n) is 11.4. The molecule has 0 aliphatic carbocycles. The molecule has 2 aromatic carbocycles. The van der Waals surface area contributed by atoms with Gasteiger partial charge in [0.15, 0.2) is 0 Å². The molecular formula is C16H17NO2. The first-order chi connectivity index (χ1) is 9.13. The van der Waals surface area contributed by atoms with Crippen LogP contribution in [-0.2, 0) is 4.79 Å². The van der Waals surface area contributed by atoms with Crippen molar-refractivity contribution in [2.45, 2.75) is 13.8 Å². The summed E-state index contributed by atoms with van der Waals surface area (Å²) in [6.07, 6.45) is 0. The van der Waals surface area contributed by atoms with Crippen molar-refractivity contribution in [1.82, 2.24) is 0 Å². The van der Waals surface area contributed by atoms with E-state index in [1.807, 2.05) is 55.5 Å². The van der Waals surface area contributed by atoms with Crippen LogP contribution in [0.5, 0.6) is 5.75 Å². The van der Waals surface area contributed by atoms with E-state index in [0.29, 0.717) is 0 Å². The van der Waals surface area contributed by atoms with Gasteiger partial charge in [-0.25, -0.2) is 0 Å². The number of rotatable bonds is 3. The summed E-state index contributed by atoms with van der Waals surface area (Å²) in [5, 5.41) is 0. The van der Waals surface area contributed by atoms with Crippen molar-refractivity contribution in [3.63, 3.8) is 0 Å². The van der Waals surface area contributed by atoms with Crippen LogP contribution in [0.4, 0.5) is 11.4 Å². The maximum atomic E-state index is 11.9. The van der Waals surface area contributed by atoms with Crippen LogP contribution in [0.15, 0.2) is 48.5 Å². The number of para-hydroxylation sites is 1. The zero-order valence-corrected chi connectivity index (χ0v) is 11.4. The molecule has 3 heteroatoms. The van der Waals surface area contributed by atoms with Crippen molar-refractivity contribution >= 4 is 17.3 Å². The minimum atomic E-state index is -0.0178. The molecule has 0 aromatic heterocycles. The first-order valence-corrected chi connectivity index (χ1v) is 6.14. The van der Waals surface area contributed by atoms with Gasteiger partial charge in [0, 0.05) is 18.3 Å². The summed E-state index contributed by atoms with van der Waals surface area (Å²) < 4.78 is 5.24. The van der Waals surface area contributed by atoms with Crippen LogP contribution >= 0.6 is 0 Å². The highest BCUT2D eigenvalue weighted by Gasteiger charge is 2.14. The zero-order chi connectivity index (χ0) is 13.8. The van der Waals surface area contributed by atoms with E-state index in [1.54, 1.807) is 18.9 Å². The van der Waals surface area contributed by atoms with Gasteiger partial charge in [0.25, 0.3) is 0 Å². The molecule has 0 aliphatic rings. The number of ether oxygens (including phenoxy) is 1.